The molecule has 1 atom stereocenters. The van der Waals surface area contributed by atoms with Gasteiger partial charge in [-0.25, -0.2) is 8.42 Å². The summed E-state index contributed by atoms with van der Waals surface area (Å²) in [6.45, 7) is 0.262. The first-order chi connectivity index (χ1) is 14.2. The zero-order valence-corrected chi connectivity index (χ0v) is 19.8. The van der Waals surface area contributed by atoms with Gasteiger partial charge in [0.1, 0.15) is 5.75 Å². The monoisotopic (exact) mass is 508 g/mol. The van der Waals surface area contributed by atoms with E-state index in [4.69, 9.17) is 39.5 Å². The Bertz CT molecular complexity index is 1030. The van der Waals surface area contributed by atoms with Crippen molar-refractivity contribution in [2.75, 3.05) is 29.4 Å². The van der Waals surface area contributed by atoms with Gasteiger partial charge in [0.15, 0.2) is 6.10 Å². The molecule has 162 valence electrons. The van der Waals surface area contributed by atoms with Crippen molar-refractivity contribution in [2.45, 2.75) is 11.9 Å². The average molecular weight is 510 g/mol. The maximum absolute atomic E-state index is 12.6. The molecule has 0 spiro atoms. The van der Waals surface area contributed by atoms with Crippen LogP contribution in [0, 0.1) is 0 Å². The molecule has 6 nitrogen and oxygen atoms in total. The maximum atomic E-state index is 12.6. The van der Waals surface area contributed by atoms with E-state index in [-0.39, 0.29) is 12.5 Å². The summed E-state index contributed by atoms with van der Waals surface area (Å²) in [5.41, 5.74) is 1.17. The van der Waals surface area contributed by atoms with Crippen molar-refractivity contribution < 1.29 is 17.9 Å². The number of sulfonamides is 1. The van der Waals surface area contributed by atoms with Gasteiger partial charge in [-0.3, -0.25) is 9.10 Å². The number of halogens is 3. The van der Waals surface area contributed by atoms with E-state index >= 15 is 0 Å². The maximum Gasteiger partial charge on any atom is 0.263 e. The number of amides is 1. The normalized spacial score (nSPS) is 16.0. The first kappa shape index (κ1) is 23.3. The molecule has 0 aromatic heterocycles. The number of thioether (sulfide) groups is 1. The van der Waals surface area contributed by atoms with E-state index in [1.165, 1.54) is 6.07 Å². The van der Waals surface area contributed by atoms with Crippen molar-refractivity contribution in [1.82, 2.24) is 5.32 Å². The van der Waals surface area contributed by atoms with Crippen LogP contribution in [0.4, 0.5) is 5.69 Å². The van der Waals surface area contributed by atoms with Crippen molar-refractivity contribution in [3.8, 4) is 5.75 Å². The summed E-state index contributed by atoms with van der Waals surface area (Å²) in [4.78, 5) is 12.6. The van der Waals surface area contributed by atoms with Gasteiger partial charge in [-0.05, 0) is 35.9 Å². The van der Waals surface area contributed by atoms with Gasteiger partial charge >= 0.3 is 0 Å². The molecule has 30 heavy (non-hydrogen) atoms. The largest absolute Gasteiger partial charge is 0.476 e. The lowest BCUT2D eigenvalue weighted by Crippen LogP contribution is -2.50. The van der Waals surface area contributed by atoms with Crippen molar-refractivity contribution in [3.05, 3.63) is 57.0 Å². The fourth-order valence-corrected chi connectivity index (χ4v) is 5.55. The highest BCUT2D eigenvalue weighted by Crippen LogP contribution is 2.37. The summed E-state index contributed by atoms with van der Waals surface area (Å²) in [6, 6.07) is 9.99. The molecule has 0 fully saturated rings. The summed E-state index contributed by atoms with van der Waals surface area (Å²) >= 11 is 19.9. The van der Waals surface area contributed by atoms with Crippen LogP contribution in [0.1, 0.15) is 5.56 Å². The lowest BCUT2D eigenvalue weighted by molar-refractivity contribution is -0.127. The van der Waals surface area contributed by atoms with E-state index in [9.17, 15) is 13.2 Å². The number of fused-ring (bicyclic) bond motifs is 1. The zero-order chi connectivity index (χ0) is 21.9. The van der Waals surface area contributed by atoms with Crippen LogP contribution in [0.2, 0.25) is 15.1 Å². The second-order valence-corrected chi connectivity index (χ2v) is 10.8. The van der Waals surface area contributed by atoms with E-state index < -0.39 is 16.1 Å². The summed E-state index contributed by atoms with van der Waals surface area (Å²) in [5.74, 6) is 1.14. The summed E-state index contributed by atoms with van der Waals surface area (Å²) in [5, 5.41) is 4.37. The Morgan fingerprint density at radius 3 is 2.60 bits per heavy atom. The topological polar surface area (TPSA) is 75.7 Å². The molecule has 11 heteroatoms. The summed E-state index contributed by atoms with van der Waals surface area (Å²) < 4.78 is 31.2. The third-order valence-corrected chi connectivity index (χ3v) is 7.41. The number of hydrogen-bond acceptors (Lipinski definition) is 5. The molecular weight excluding hydrogens is 491 g/mol. The Labute approximate surface area is 194 Å². The van der Waals surface area contributed by atoms with Gasteiger partial charge in [0.2, 0.25) is 10.0 Å². The quantitative estimate of drug-likeness (QED) is 0.566. The second-order valence-electron chi connectivity index (χ2n) is 6.56. The molecule has 0 bridgehead atoms. The Morgan fingerprint density at radius 2 is 1.93 bits per heavy atom. The third-order valence-electron chi connectivity index (χ3n) is 4.34. The Hall–Kier alpha value is -1.32. The minimum Gasteiger partial charge on any atom is -0.476 e. The summed E-state index contributed by atoms with van der Waals surface area (Å²) in [6.07, 6.45) is 0.116. The minimum atomic E-state index is -3.60. The van der Waals surface area contributed by atoms with E-state index in [1.807, 2.05) is 0 Å². The molecule has 0 aliphatic carbocycles. The van der Waals surface area contributed by atoms with Crippen LogP contribution in [0.25, 0.3) is 0 Å². The lowest BCUT2D eigenvalue weighted by atomic mass is 10.2. The molecule has 1 heterocycles. The highest BCUT2D eigenvalue weighted by Gasteiger charge is 2.35. The third kappa shape index (κ3) is 5.68. The number of carbonyl (C=O) groups is 1. The van der Waals surface area contributed by atoms with Gasteiger partial charge in [-0.2, -0.15) is 11.8 Å². The molecule has 0 unspecified atom stereocenters. The van der Waals surface area contributed by atoms with Crippen molar-refractivity contribution in [2.24, 2.45) is 0 Å². The van der Waals surface area contributed by atoms with E-state index in [0.717, 1.165) is 16.1 Å². The predicted octanol–water partition coefficient (Wildman–Crippen LogP) is 4.22. The van der Waals surface area contributed by atoms with Gasteiger partial charge in [0, 0.05) is 33.1 Å². The SMILES string of the molecule is CS(=O)(=O)N1C[C@@H](C(=O)NCCSCc2c(Cl)cccc2Cl)Oc2ccc(Cl)cc21. The molecule has 2 aromatic carbocycles. The fourth-order valence-electron chi connectivity index (χ4n) is 2.88. The molecule has 0 saturated carbocycles. The van der Waals surface area contributed by atoms with Crippen LogP contribution in [-0.2, 0) is 20.6 Å². The standard InChI is InChI=1S/C19H19Cl3N2O4S2/c1-30(26,27)24-10-18(28-17-6-5-12(20)9-16(17)24)19(25)23-7-8-29-11-13-14(21)3-2-4-15(13)22/h2-6,9,18H,7-8,10-11H2,1H3,(H,23,25)/t18-/m0/s1. The Morgan fingerprint density at radius 1 is 1.23 bits per heavy atom. The molecular formula is C19H19Cl3N2O4S2. The number of rotatable bonds is 7. The molecule has 1 N–H and O–H groups in total. The number of nitrogens with zero attached hydrogens (tertiary/aromatic N) is 1. The van der Waals surface area contributed by atoms with Crippen molar-refractivity contribution in [1.29, 1.82) is 0 Å². The Kier molecular flexibility index (Phi) is 7.68. The molecule has 1 aliphatic heterocycles. The Balaban J connectivity index is 1.56. The lowest BCUT2D eigenvalue weighted by Gasteiger charge is -2.34. The minimum absolute atomic E-state index is 0.125. The highest BCUT2D eigenvalue weighted by atomic mass is 35.5. The molecule has 3 rings (SSSR count). The first-order valence-electron chi connectivity index (χ1n) is 8.89. The number of carbonyl (C=O) groups excluding carboxylic acids is 1. The van der Waals surface area contributed by atoms with Crippen molar-refractivity contribution >= 4 is 68.2 Å². The average Bonchev–Trinajstić information content (AvgIpc) is 2.68. The van der Waals surface area contributed by atoms with Gasteiger partial charge < -0.3 is 10.1 Å². The number of nitrogens with one attached hydrogen (secondary N) is 1. The highest BCUT2D eigenvalue weighted by molar-refractivity contribution is 7.98. The molecule has 1 amide bonds. The van der Waals surface area contributed by atoms with Gasteiger partial charge in [-0.1, -0.05) is 40.9 Å². The van der Waals surface area contributed by atoms with E-state index in [1.54, 1.807) is 42.1 Å². The fraction of sp³-hybridized carbons (Fsp3) is 0.316. The molecule has 2 aromatic rings. The molecule has 0 saturated heterocycles. The van der Waals surface area contributed by atoms with Gasteiger partial charge in [-0.15, -0.1) is 0 Å². The van der Waals surface area contributed by atoms with Crippen LogP contribution < -0.4 is 14.4 Å². The van der Waals surface area contributed by atoms with Gasteiger partial charge in [0.25, 0.3) is 5.91 Å². The summed E-state index contributed by atoms with van der Waals surface area (Å²) in [7, 11) is -3.60. The van der Waals surface area contributed by atoms with Crippen LogP contribution in [0.15, 0.2) is 36.4 Å². The van der Waals surface area contributed by atoms with Gasteiger partial charge in [0.05, 0.1) is 18.5 Å². The number of ether oxygens (including phenoxy) is 1. The smallest absolute Gasteiger partial charge is 0.263 e. The number of anilines is 1. The van der Waals surface area contributed by atoms with E-state index in [0.29, 0.717) is 44.6 Å². The zero-order valence-electron chi connectivity index (χ0n) is 15.9. The number of hydrogen-bond donors (Lipinski definition) is 1. The number of benzene rings is 2. The van der Waals surface area contributed by atoms with E-state index in [2.05, 4.69) is 5.32 Å². The van der Waals surface area contributed by atoms with Crippen LogP contribution in [0.3, 0.4) is 0 Å². The molecule has 0 radical (unpaired) electrons. The van der Waals surface area contributed by atoms with Crippen LogP contribution in [0.5, 0.6) is 5.75 Å². The second kappa shape index (κ2) is 9.87. The van der Waals surface area contributed by atoms with Crippen LogP contribution in [-0.4, -0.2) is 45.5 Å². The van der Waals surface area contributed by atoms with Crippen molar-refractivity contribution in [3.63, 3.8) is 0 Å². The predicted molar refractivity (Wildman–Crippen MR) is 124 cm³/mol. The van der Waals surface area contributed by atoms with Crippen LogP contribution >= 0.6 is 46.6 Å². The molecule has 1 aliphatic rings. The first-order valence-corrected chi connectivity index (χ1v) is 13.0.